The zero-order chi connectivity index (χ0) is 17.7. The minimum atomic E-state index is -3.89. The maximum absolute atomic E-state index is 13.0. The number of benzene rings is 1. The third-order valence-corrected chi connectivity index (χ3v) is 5.69. The number of carbonyl (C=O) groups excluding carboxylic acids is 1. The zero-order valence-electron chi connectivity index (χ0n) is 13.8. The van der Waals surface area contributed by atoms with Gasteiger partial charge in [-0.2, -0.15) is 4.31 Å². The van der Waals surface area contributed by atoms with Crippen molar-refractivity contribution in [1.82, 2.24) is 9.29 Å². The van der Waals surface area contributed by atoms with Gasteiger partial charge in [-0.05, 0) is 38.1 Å². The molecule has 0 saturated carbocycles. The minimum absolute atomic E-state index is 0.0272. The highest BCUT2D eigenvalue weighted by atomic mass is 32.2. The van der Waals surface area contributed by atoms with Crippen molar-refractivity contribution < 1.29 is 17.9 Å². The van der Waals surface area contributed by atoms with Gasteiger partial charge in [-0.3, -0.25) is 4.98 Å². The molecule has 0 fully saturated rings. The highest BCUT2D eigenvalue weighted by Crippen LogP contribution is 2.26. The van der Waals surface area contributed by atoms with Crippen LogP contribution in [0.25, 0.3) is 0 Å². The number of rotatable bonds is 6. The molecule has 0 aliphatic rings. The second-order valence-corrected chi connectivity index (χ2v) is 7.13. The summed E-state index contributed by atoms with van der Waals surface area (Å²) in [5, 5.41) is 0. The molecule has 2 rings (SSSR count). The summed E-state index contributed by atoms with van der Waals surface area (Å²) < 4.78 is 32.1. The van der Waals surface area contributed by atoms with Gasteiger partial charge in [0, 0.05) is 13.2 Å². The van der Waals surface area contributed by atoms with E-state index >= 15 is 0 Å². The number of nitrogens with zero attached hydrogens (tertiary/aromatic N) is 2. The molecule has 128 valence electrons. The Morgan fingerprint density at radius 3 is 2.50 bits per heavy atom. The lowest BCUT2D eigenvalue weighted by Crippen LogP contribution is -2.31. The smallest absolute Gasteiger partial charge is 0.339 e. The third-order valence-electron chi connectivity index (χ3n) is 3.70. The Labute approximate surface area is 142 Å². The van der Waals surface area contributed by atoms with Crippen LogP contribution in [0.3, 0.4) is 0 Å². The number of hydrogen-bond donors (Lipinski definition) is 0. The molecule has 0 aliphatic heterocycles. The van der Waals surface area contributed by atoms with Crippen LogP contribution >= 0.6 is 0 Å². The number of carbonyl (C=O) groups is 1. The molecule has 1 heterocycles. The maximum Gasteiger partial charge on any atom is 0.339 e. The number of hydrogen-bond acceptors (Lipinski definition) is 5. The van der Waals surface area contributed by atoms with Crippen LogP contribution in [0.4, 0.5) is 0 Å². The normalized spacial score (nSPS) is 12.8. The van der Waals surface area contributed by atoms with Gasteiger partial charge in [-0.15, -0.1) is 0 Å². The van der Waals surface area contributed by atoms with E-state index < -0.39 is 22.0 Å². The van der Waals surface area contributed by atoms with Crippen molar-refractivity contribution in [3.63, 3.8) is 0 Å². The molecule has 0 bridgehead atoms. The Kier molecular flexibility index (Phi) is 5.69. The highest BCUT2D eigenvalue weighted by Gasteiger charge is 2.30. The summed E-state index contributed by atoms with van der Waals surface area (Å²) in [5.41, 5.74) is 0.650. The summed E-state index contributed by atoms with van der Waals surface area (Å²) in [5.74, 6) is -0.657. The lowest BCUT2D eigenvalue weighted by atomic mass is 10.2. The molecule has 0 spiro atoms. The molecule has 1 aromatic heterocycles. The van der Waals surface area contributed by atoms with E-state index in [4.69, 9.17) is 4.74 Å². The Balaban J connectivity index is 2.42. The van der Waals surface area contributed by atoms with Gasteiger partial charge in [0.25, 0.3) is 0 Å². The summed E-state index contributed by atoms with van der Waals surface area (Å²) in [4.78, 5) is 16.2. The molecule has 6 nitrogen and oxygen atoms in total. The summed E-state index contributed by atoms with van der Waals surface area (Å²) >= 11 is 0. The monoisotopic (exact) mass is 348 g/mol. The van der Waals surface area contributed by atoms with Crippen molar-refractivity contribution in [3.05, 3.63) is 59.9 Å². The van der Waals surface area contributed by atoms with E-state index in [9.17, 15) is 13.2 Å². The molecule has 24 heavy (non-hydrogen) atoms. The SMILES string of the molecule is CCOC(=O)c1ccccc1S(=O)(=O)N(C)[C@H](C)c1ccccn1. The van der Waals surface area contributed by atoms with Crippen molar-refractivity contribution in [1.29, 1.82) is 0 Å². The van der Waals surface area contributed by atoms with E-state index in [1.54, 1.807) is 50.4 Å². The van der Waals surface area contributed by atoms with Gasteiger partial charge in [-0.1, -0.05) is 18.2 Å². The fourth-order valence-corrected chi connectivity index (χ4v) is 3.76. The van der Waals surface area contributed by atoms with E-state index in [0.717, 1.165) is 0 Å². The lowest BCUT2D eigenvalue weighted by molar-refractivity contribution is 0.0521. The number of esters is 1. The van der Waals surface area contributed by atoms with E-state index in [-0.39, 0.29) is 17.1 Å². The van der Waals surface area contributed by atoms with Gasteiger partial charge in [0.05, 0.1) is 28.8 Å². The van der Waals surface area contributed by atoms with Crippen molar-refractivity contribution in [2.24, 2.45) is 0 Å². The Morgan fingerprint density at radius 1 is 1.21 bits per heavy atom. The number of ether oxygens (including phenoxy) is 1. The van der Waals surface area contributed by atoms with Crippen LogP contribution in [0.15, 0.2) is 53.6 Å². The summed E-state index contributed by atoms with van der Waals surface area (Å²) in [6.07, 6.45) is 1.61. The minimum Gasteiger partial charge on any atom is -0.462 e. The molecule has 1 atom stereocenters. The predicted octanol–water partition coefficient (Wildman–Crippen LogP) is 2.64. The first-order valence-electron chi connectivity index (χ1n) is 7.54. The second-order valence-electron chi connectivity index (χ2n) is 5.17. The van der Waals surface area contributed by atoms with E-state index in [0.29, 0.717) is 5.69 Å². The lowest BCUT2D eigenvalue weighted by Gasteiger charge is -2.24. The summed E-state index contributed by atoms with van der Waals surface area (Å²) in [6, 6.07) is 10.9. The Hall–Kier alpha value is -2.25. The highest BCUT2D eigenvalue weighted by molar-refractivity contribution is 7.89. The van der Waals surface area contributed by atoms with Gasteiger partial charge in [0.2, 0.25) is 10.0 Å². The topological polar surface area (TPSA) is 76.6 Å². The molecule has 0 saturated heterocycles. The molecule has 0 N–H and O–H groups in total. The van der Waals surface area contributed by atoms with Crippen LogP contribution in [0.1, 0.15) is 35.9 Å². The first-order valence-corrected chi connectivity index (χ1v) is 8.98. The average Bonchev–Trinajstić information content (AvgIpc) is 2.61. The fourth-order valence-electron chi connectivity index (χ4n) is 2.24. The van der Waals surface area contributed by atoms with E-state index in [2.05, 4.69) is 4.98 Å². The third kappa shape index (κ3) is 3.63. The van der Waals surface area contributed by atoms with E-state index in [1.165, 1.54) is 23.5 Å². The molecule has 0 aliphatic carbocycles. The van der Waals surface area contributed by atoms with Crippen molar-refractivity contribution in [3.8, 4) is 0 Å². The second kappa shape index (κ2) is 7.55. The average molecular weight is 348 g/mol. The molecule has 2 aromatic rings. The zero-order valence-corrected chi connectivity index (χ0v) is 14.7. The van der Waals surface area contributed by atoms with Gasteiger partial charge >= 0.3 is 5.97 Å². The Morgan fingerprint density at radius 2 is 1.88 bits per heavy atom. The maximum atomic E-state index is 13.0. The standard InChI is InChI=1S/C17H20N2O4S/c1-4-23-17(20)14-9-5-6-11-16(14)24(21,22)19(3)13(2)15-10-7-8-12-18-15/h5-13H,4H2,1-3H3/t13-/m1/s1. The molecule has 7 heteroatoms. The van der Waals surface area contributed by atoms with Gasteiger partial charge in [0.1, 0.15) is 0 Å². The van der Waals surface area contributed by atoms with Crippen molar-refractivity contribution in [2.45, 2.75) is 24.8 Å². The number of sulfonamides is 1. The Bertz CT molecular complexity index is 806. The van der Waals surface area contributed by atoms with Crippen LogP contribution < -0.4 is 0 Å². The number of aromatic nitrogens is 1. The molecule has 1 aromatic carbocycles. The van der Waals surface area contributed by atoms with Crippen LogP contribution in [-0.2, 0) is 14.8 Å². The van der Waals surface area contributed by atoms with Gasteiger partial charge < -0.3 is 4.74 Å². The quantitative estimate of drug-likeness (QED) is 0.750. The summed E-state index contributed by atoms with van der Waals surface area (Å²) in [6.45, 7) is 3.59. The first-order chi connectivity index (χ1) is 11.4. The van der Waals surface area contributed by atoms with Crippen LogP contribution in [0, 0.1) is 0 Å². The van der Waals surface area contributed by atoms with Crippen LogP contribution in [0.2, 0.25) is 0 Å². The van der Waals surface area contributed by atoms with Crippen LogP contribution in [-0.4, -0.2) is 37.3 Å². The number of pyridine rings is 1. The summed E-state index contributed by atoms with van der Waals surface area (Å²) in [7, 11) is -2.42. The van der Waals surface area contributed by atoms with Gasteiger partial charge in [0.15, 0.2) is 0 Å². The largest absolute Gasteiger partial charge is 0.462 e. The molecular weight excluding hydrogens is 328 g/mol. The van der Waals surface area contributed by atoms with E-state index in [1.807, 2.05) is 0 Å². The van der Waals surface area contributed by atoms with Crippen molar-refractivity contribution >= 4 is 16.0 Å². The fraction of sp³-hybridized carbons (Fsp3) is 0.294. The van der Waals surface area contributed by atoms with Crippen LogP contribution in [0.5, 0.6) is 0 Å². The predicted molar refractivity (Wildman–Crippen MR) is 90.0 cm³/mol. The van der Waals surface area contributed by atoms with Crippen molar-refractivity contribution in [2.75, 3.05) is 13.7 Å². The first kappa shape index (κ1) is 18.1. The molecule has 0 unspecified atom stereocenters. The molecule has 0 radical (unpaired) electrons. The molecule has 0 amide bonds. The molecular formula is C17H20N2O4S. The van der Waals surface area contributed by atoms with Gasteiger partial charge in [-0.25, -0.2) is 13.2 Å².